The van der Waals surface area contributed by atoms with Crippen LogP contribution >= 0.6 is 17.2 Å². The minimum atomic E-state index is -2.12. The van der Waals surface area contributed by atoms with Gasteiger partial charge in [0.05, 0.1) is 18.3 Å². The molecule has 1 saturated carbocycles. The number of hydrogen-bond acceptors (Lipinski definition) is 7. The molecule has 0 saturated heterocycles. The summed E-state index contributed by atoms with van der Waals surface area (Å²) >= 11 is 0. The summed E-state index contributed by atoms with van der Waals surface area (Å²) in [6.07, 6.45) is 0.690. The number of hydrogen-bond donors (Lipinski definition) is 0. The Morgan fingerprint density at radius 2 is 0.477 bits per heavy atom. The minimum absolute atomic E-state index is 0.00757. The van der Waals surface area contributed by atoms with Gasteiger partial charge < -0.3 is 22.8 Å². The summed E-state index contributed by atoms with van der Waals surface area (Å²) in [5.41, 5.74) is 8.28. The van der Waals surface area contributed by atoms with E-state index in [2.05, 4.69) is 287 Å². The maximum absolute atomic E-state index is 7.44. The summed E-state index contributed by atoms with van der Waals surface area (Å²) in [4.78, 5) is 0. The Labute approximate surface area is 532 Å². The molecular weight excluding hydrogens is 1120 g/mol. The lowest BCUT2D eigenvalue weighted by Gasteiger charge is -2.36. The van der Waals surface area contributed by atoms with E-state index in [1.807, 2.05) is 0 Å². The van der Waals surface area contributed by atoms with E-state index in [1.165, 1.54) is 43.8 Å². The van der Waals surface area contributed by atoms with Gasteiger partial charge in [-0.15, -0.1) is 0 Å². The van der Waals surface area contributed by atoms with Crippen LogP contribution in [0.2, 0.25) is 0 Å². The third kappa shape index (κ3) is 15.7. The molecule has 9 rings (SSSR count). The molecule has 2 unspecified atom stereocenters. The van der Waals surface area contributed by atoms with Crippen molar-refractivity contribution in [3.63, 3.8) is 0 Å². The van der Waals surface area contributed by atoms with Crippen molar-refractivity contribution < 1.29 is 31.9 Å². The summed E-state index contributed by atoms with van der Waals surface area (Å²) in [5.74, 6) is 2.94. The largest absolute Gasteiger partial charge is 0.463 e. The fourth-order valence-corrected chi connectivity index (χ4v) is 14.2. The molecular formula is C79H104O7P2. The summed E-state index contributed by atoms with van der Waals surface area (Å²) in [5, 5.41) is 9.05. The van der Waals surface area contributed by atoms with Gasteiger partial charge in [-0.25, -0.2) is 0 Å². The molecule has 0 heterocycles. The fourth-order valence-electron chi connectivity index (χ4n) is 11.8. The van der Waals surface area contributed by atoms with Gasteiger partial charge in [-0.05, 0) is 157 Å². The highest BCUT2D eigenvalue weighted by atomic mass is 31.2. The third-order valence-corrected chi connectivity index (χ3v) is 19.8. The van der Waals surface area contributed by atoms with Crippen molar-refractivity contribution >= 4 is 60.3 Å². The maximum atomic E-state index is 7.44. The summed E-state index contributed by atoms with van der Waals surface area (Å²) in [7, 11) is -2.46. The zero-order chi connectivity index (χ0) is 64.6. The Hall–Kier alpha value is -5.26. The number of benzene rings is 8. The fraction of sp³-hybridized carbons (Fsp3) is 0.494. The van der Waals surface area contributed by atoms with Crippen LogP contribution < -0.4 is 18.1 Å². The van der Waals surface area contributed by atoms with Gasteiger partial charge in [0, 0.05) is 48.6 Å². The van der Waals surface area contributed by atoms with Crippen molar-refractivity contribution in [2.75, 3.05) is 7.11 Å². The van der Waals surface area contributed by atoms with Gasteiger partial charge in [0.25, 0.3) is 0 Å². The van der Waals surface area contributed by atoms with E-state index in [-0.39, 0.29) is 49.4 Å². The molecule has 472 valence electrons. The highest BCUT2D eigenvalue weighted by molar-refractivity contribution is 7.43. The van der Waals surface area contributed by atoms with Gasteiger partial charge in [0.2, 0.25) is 0 Å². The number of rotatable bonds is 13. The topological polar surface area (TPSA) is 64.6 Å². The van der Waals surface area contributed by atoms with Crippen LogP contribution in [0.1, 0.15) is 230 Å². The zero-order valence-electron chi connectivity index (χ0n) is 58.2. The Kier molecular flexibility index (Phi) is 18.6. The lowest BCUT2D eigenvalue weighted by molar-refractivity contribution is -0.0298. The van der Waals surface area contributed by atoms with Crippen LogP contribution in [0, 0.1) is 0 Å². The number of methoxy groups -OCH3 is 1. The van der Waals surface area contributed by atoms with Gasteiger partial charge in [-0.3, -0.25) is 9.05 Å². The first-order valence-electron chi connectivity index (χ1n) is 32.0. The van der Waals surface area contributed by atoms with Crippen LogP contribution in [0.3, 0.4) is 0 Å². The van der Waals surface area contributed by atoms with Crippen LogP contribution in [-0.4, -0.2) is 25.4 Å². The molecule has 1 aliphatic carbocycles. The SMILES string of the molecule is COC1CC(OP(Oc2cc3ccc(C(C)(C)C)cc3cc2C(C)(C)C)Oc2cc3ccc(C(C)(C)C)cc3cc2C(C)(C)C)CC(OP(Oc2cc3ccc(C(C)(C)C)cc3cc2C(C)(C)C)Oc2cc3ccc(C(C)(C)C)cc3cc2C(C)(C)C)C1. The number of fused-ring (bicyclic) bond motifs is 4. The average Bonchev–Trinajstić information content (AvgIpc) is 1.69. The van der Waals surface area contributed by atoms with E-state index in [1.54, 1.807) is 7.11 Å². The molecule has 1 fully saturated rings. The molecule has 0 spiro atoms. The molecule has 0 radical (unpaired) electrons. The van der Waals surface area contributed by atoms with Gasteiger partial charge >= 0.3 is 17.2 Å². The predicted octanol–water partition coefficient (Wildman–Crippen LogP) is 23.7. The zero-order valence-corrected chi connectivity index (χ0v) is 59.9. The summed E-state index contributed by atoms with van der Waals surface area (Å²) in [6, 6.07) is 45.1. The molecule has 0 aliphatic heterocycles. The van der Waals surface area contributed by atoms with Crippen molar-refractivity contribution in [3.05, 3.63) is 166 Å². The Morgan fingerprint density at radius 3 is 0.670 bits per heavy atom. The normalized spacial score (nSPS) is 17.0. The molecule has 7 nitrogen and oxygen atoms in total. The first-order valence-corrected chi connectivity index (χ1v) is 34.2. The molecule has 8 aromatic rings. The molecule has 0 aromatic heterocycles. The standard InChI is InChI=1S/C79H104O7P2/c1-72(2,3)57-30-26-49-42-68(64(76(13,14)15)38-53(49)34-57)83-87(84-69-43-50-27-31-58(73(4,5)6)35-54(50)39-65(69)77(16,17)18)81-62-46-61(80-25)47-63(48-62)82-88(85-70-44-51-28-32-59(74(7,8)9)36-55(51)40-66(70)78(19,20)21)86-71-45-52-29-33-60(75(10,11)12)37-56(52)41-67(71)79(22,23)24/h26-45,61-63H,46-48H2,1-25H3. The van der Waals surface area contributed by atoms with Gasteiger partial charge in [-0.1, -0.05) is 239 Å². The summed E-state index contributed by atoms with van der Waals surface area (Å²) < 4.78 is 50.8. The van der Waals surface area contributed by atoms with Crippen LogP contribution in [-0.2, 0) is 57.1 Å². The van der Waals surface area contributed by atoms with Gasteiger partial charge in [-0.2, -0.15) is 0 Å². The van der Waals surface area contributed by atoms with Crippen LogP contribution in [0.5, 0.6) is 23.0 Å². The van der Waals surface area contributed by atoms with Crippen molar-refractivity contribution in [3.8, 4) is 23.0 Å². The average molecular weight is 1230 g/mol. The van der Waals surface area contributed by atoms with Crippen molar-refractivity contribution in [2.24, 2.45) is 0 Å². The molecule has 8 aromatic carbocycles. The monoisotopic (exact) mass is 1230 g/mol. The summed E-state index contributed by atoms with van der Waals surface area (Å²) in [6.45, 7) is 54.1. The van der Waals surface area contributed by atoms with E-state index in [0.29, 0.717) is 19.3 Å². The molecule has 1 aliphatic rings. The quantitative estimate of drug-likeness (QED) is 0.107. The molecule has 88 heavy (non-hydrogen) atoms. The van der Waals surface area contributed by atoms with Crippen LogP contribution in [0.4, 0.5) is 0 Å². The minimum Gasteiger partial charge on any atom is -0.417 e. The smallest absolute Gasteiger partial charge is 0.417 e. The lowest BCUT2D eigenvalue weighted by Crippen LogP contribution is -2.36. The van der Waals surface area contributed by atoms with Crippen molar-refractivity contribution in [2.45, 2.75) is 247 Å². The Morgan fingerprint density at radius 1 is 0.261 bits per heavy atom. The van der Waals surface area contributed by atoms with Gasteiger partial charge in [0.15, 0.2) is 0 Å². The highest BCUT2D eigenvalue weighted by Gasteiger charge is 2.40. The number of ether oxygens (including phenoxy) is 1. The van der Waals surface area contributed by atoms with E-state index >= 15 is 0 Å². The van der Waals surface area contributed by atoms with Crippen molar-refractivity contribution in [1.29, 1.82) is 0 Å². The first kappa shape index (κ1) is 67.1. The van der Waals surface area contributed by atoms with Gasteiger partial charge in [0.1, 0.15) is 23.0 Å². The lowest BCUT2D eigenvalue weighted by atomic mass is 9.82. The highest BCUT2D eigenvalue weighted by Crippen LogP contribution is 2.54. The van der Waals surface area contributed by atoms with E-state index in [0.717, 1.165) is 66.8 Å². The maximum Gasteiger partial charge on any atom is 0.463 e. The molecule has 0 bridgehead atoms. The second-order valence-corrected chi connectivity index (χ2v) is 35.5. The molecule has 2 atom stereocenters. The molecule has 9 heteroatoms. The van der Waals surface area contributed by atoms with Crippen LogP contribution in [0.15, 0.2) is 121 Å². The predicted molar refractivity (Wildman–Crippen MR) is 376 cm³/mol. The van der Waals surface area contributed by atoms with Crippen molar-refractivity contribution in [1.82, 2.24) is 0 Å². The molecule has 0 amide bonds. The Balaban J connectivity index is 1.15. The Bertz CT molecular complexity index is 3360. The second kappa shape index (κ2) is 24.4. The van der Waals surface area contributed by atoms with E-state index in [9.17, 15) is 0 Å². The second-order valence-electron chi connectivity index (χ2n) is 33.5. The van der Waals surface area contributed by atoms with E-state index in [4.69, 9.17) is 31.9 Å². The van der Waals surface area contributed by atoms with Crippen LogP contribution in [0.25, 0.3) is 43.1 Å². The van der Waals surface area contributed by atoms with E-state index < -0.39 is 29.4 Å². The first-order chi connectivity index (χ1) is 40.5. The molecule has 0 N–H and O–H groups in total. The third-order valence-electron chi connectivity index (χ3n) is 17.5.